The lowest BCUT2D eigenvalue weighted by Crippen LogP contribution is -3.15. The van der Waals surface area contributed by atoms with Gasteiger partial charge in [0.2, 0.25) is 0 Å². The molecule has 0 radical (unpaired) electrons. The highest BCUT2D eigenvalue weighted by atomic mass is 16.4. The maximum atomic E-state index is 12.2. The van der Waals surface area contributed by atoms with E-state index in [4.69, 9.17) is 4.42 Å². The van der Waals surface area contributed by atoms with Crippen LogP contribution in [0.25, 0.3) is 22.1 Å². The topological polar surface area (TPSA) is 75.1 Å². The number of fused-ring (bicyclic) bond motifs is 1. The van der Waals surface area contributed by atoms with E-state index in [-0.39, 0.29) is 18.0 Å². The third kappa shape index (κ3) is 3.81. The number of phenolic OH excluding ortho intramolecular Hbond substituents is 1. The van der Waals surface area contributed by atoms with Crippen molar-refractivity contribution in [2.24, 2.45) is 0 Å². The lowest BCUT2D eigenvalue weighted by molar-refractivity contribution is -0.944. The molecule has 2 aromatic carbocycles. The number of quaternary nitrogens is 1. The molecule has 2 atom stereocenters. The minimum Gasteiger partial charge on any atom is -0.507 e. The summed E-state index contributed by atoms with van der Waals surface area (Å²) in [5.41, 5.74) is 2.54. The molecule has 0 saturated carbocycles. The number of aromatic hydroxyl groups is 1. The SMILES string of the molecule is O=c1cc(C[NH+]2CCCC[C@@H]2CCO)c2cc(O)c(-c3ccccc3)cc2o1. The quantitative estimate of drug-likeness (QED) is 0.595. The zero-order valence-corrected chi connectivity index (χ0v) is 15.9. The van der Waals surface area contributed by atoms with Crippen molar-refractivity contribution < 1.29 is 19.5 Å². The molecule has 3 N–H and O–H groups in total. The van der Waals surface area contributed by atoms with Gasteiger partial charge < -0.3 is 19.5 Å². The van der Waals surface area contributed by atoms with Crippen molar-refractivity contribution in [1.82, 2.24) is 0 Å². The van der Waals surface area contributed by atoms with Gasteiger partial charge in [-0.25, -0.2) is 4.79 Å². The smallest absolute Gasteiger partial charge is 0.336 e. The molecule has 1 aromatic heterocycles. The van der Waals surface area contributed by atoms with Gasteiger partial charge in [-0.1, -0.05) is 30.3 Å². The first-order chi connectivity index (χ1) is 13.7. The summed E-state index contributed by atoms with van der Waals surface area (Å²) in [6.07, 6.45) is 4.21. The second-order valence-corrected chi connectivity index (χ2v) is 7.61. The number of hydrogen-bond donors (Lipinski definition) is 3. The number of piperidine rings is 1. The van der Waals surface area contributed by atoms with Crippen LogP contribution in [0.5, 0.6) is 5.75 Å². The molecule has 0 amide bonds. The van der Waals surface area contributed by atoms with Crippen molar-refractivity contribution in [3.8, 4) is 16.9 Å². The Kier molecular flexibility index (Phi) is 5.46. The number of benzene rings is 2. The van der Waals surface area contributed by atoms with Crippen LogP contribution in [0, 0.1) is 0 Å². The van der Waals surface area contributed by atoms with E-state index in [2.05, 4.69) is 0 Å². The van der Waals surface area contributed by atoms with E-state index in [1.54, 1.807) is 18.2 Å². The monoisotopic (exact) mass is 380 g/mol. The van der Waals surface area contributed by atoms with Crippen LogP contribution in [0.4, 0.5) is 0 Å². The van der Waals surface area contributed by atoms with Gasteiger partial charge in [-0.05, 0) is 37.0 Å². The van der Waals surface area contributed by atoms with E-state index in [0.29, 0.717) is 23.7 Å². The van der Waals surface area contributed by atoms with Crippen molar-refractivity contribution in [2.45, 2.75) is 38.3 Å². The highest BCUT2D eigenvalue weighted by Crippen LogP contribution is 2.34. The maximum absolute atomic E-state index is 12.2. The number of phenols is 1. The van der Waals surface area contributed by atoms with Crippen LogP contribution in [0.1, 0.15) is 31.2 Å². The number of hydrogen-bond acceptors (Lipinski definition) is 4. The second kappa shape index (κ2) is 8.17. The van der Waals surface area contributed by atoms with Gasteiger partial charge in [-0.2, -0.15) is 0 Å². The van der Waals surface area contributed by atoms with Gasteiger partial charge in [0, 0.05) is 35.6 Å². The number of likely N-dealkylation sites (tertiary alicyclic amines) is 1. The Bertz CT molecular complexity index is 1010. The third-order valence-electron chi connectivity index (χ3n) is 5.80. The van der Waals surface area contributed by atoms with Crippen LogP contribution in [-0.2, 0) is 6.54 Å². The summed E-state index contributed by atoms with van der Waals surface area (Å²) in [6.45, 7) is 1.91. The van der Waals surface area contributed by atoms with Gasteiger partial charge >= 0.3 is 5.63 Å². The molecule has 0 bridgehead atoms. The lowest BCUT2D eigenvalue weighted by Gasteiger charge is -2.32. The van der Waals surface area contributed by atoms with E-state index in [9.17, 15) is 15.0 Å². The lowest BCUT2D eigenvalue weighted by atomic mass is 9.97. The van der Waals surface area contributed by atoms with Gasteiger partial charge in [0.15, 0.2) is 0 Å². The van der Waals surface area contributed by atoms with Crippen LogP contribution >= 0.6 is 0 Å². The molecule has 0 aliphatic carbocycles. The van der Waals surface area contributed by atoms with Gasteiger partial charge in [-0.15, -0.1) is 0 Å². The Labute approximate surface area is 163 Å². The molecule has 3 aromatic rings. The van der Waals surface area contributed by atoms with Crippen molar-refractivity contribution in [3.63, 3.8) is 0 Å². The number of aliphatic hydroxyl groups is 1. The highest BCUT2D eigenvalue weighted by Gasteiger charge is 2.26. The van der Waals surface area contributed by atoms with Crippen LogP contribution in [0.2, 0.25) is 0 Å². The van der Waals surface area contributed by atoms with E-state index in [1.807, 2.05) is 30.3 Å². The molecule has 2 heterocycles. The summed E-state index contributed by atoms with van der Waals surface area (Å²) in [7, 11) is 0. The minimum atomic E-state index is -0.373. The van der Waals surface area contributed by atoms with Crippen LogP contribution < -0.4 is 10.5 Å². The van der Waals surface area contributed by atoms with E-state index < -0.39 is 0 Å². The summed E-state index contributed by atoms with van der Waals surface area (Å²) < 4.78 is 5.47. The summed E-state index contributed by atoms with van der Waals surface area (Å²) in [5.74, 6) is 0.175. The average Bonchev–Trinajstić information content (AvgIpc) is 2.70. The van der Waals surface area contributed by atoms with Gasteiger partial charge in [-0.3, -0.25) is 0 Å². The zero-order chi connectivity index (χ0) is 19.5. The summed E-state index contributed by atoms with van der Waals surface area (Å²) in [6, 6.07) is 15.0. The highest BCUT2D eigenvalue weighted by molar-refractivity contribution is 5.88. The Morgan fingerprint density at radius 3 is 2.71 bits per heavy atom. The second-order valence-electron chi connectivity index (χ2n) is 7.61. The molecular formula is C23H26NO4+. The molecule has 1 unspecified atom stereocenters. The average molecular weight is 380 g/mol. The van der Waals surface area contributed by atoms with E-state index in [1.165, 1.54) is 11.3 Å². The van der Waals surface area contributed by atoms with Crippen molar-refractivity contribution in [1.29, 1.82) is 0 Å². The van der Waals surface area contributed by atoms with Gasteiger partial charge in [0.25, 0.3) is 0 Å². The Balaban J connectivity index is 1.75. The van der Waals surface area contributed by atoms with Gasteiger partial charge in [0.05, 0.1) is 12.6 Å². The summed E-state index contributed by atoms with van der Waals surface area (Å²) in [4.78, 5) is 13.6. The normalized spacial score (nSPS) is 19.8. The number of aliphatic hydroxyl groups excluding tert-OH is 1. The molecule has 5 heteroatoms. The third-order valence-corrected chi connectivity index (χ3v) is 5.80. The van der Waals surface area contributed by atoms with Crippen molar-refractivity contribution >= 4 is 11.0 Å². The molecule has 1 aliphatic heterocycles. The molecule has 1 aliphatic rings. The Morgan fingerprint density at radius 1 is 1.11 bits per heavy atom. The predicted molar refractivity (Wildman–Crippen MR) is 108 cm³/mol. The van der Waals surface area contributed by atoms with Crippen LogP contribution in [0.3, 0.4) is 0 Å². The largest absolute Gasteiger partial charge is 0.507 e. The number of rotatable bonds is 5. The van der Waals surface area contributed by atoms with Crippen molar-refractivity contribution in [3.05, 3.63) is 64.5 Å². The molecule has 0 spiro atoms. The molecule has 1 saturated heterocycles. The molecule has 1 fully saturated rings. The molecule has 146 valence electrons. The van der Waals surface area contributed by atoms with E-state index >= 15 is 0 Å². The first kappa shape index (κ1) is 18.7. The van der Waals surface area contributed by atoms with E-state index in [0.717, 1.165) is 42.3 Å². The minimum absolute atomic E-state index is 0.175. The summed E-state index contributed by atoms with van der Waals surface area (Å²) in [5, 5.41) is 20.8. The first-order valence-electron chi connectivity index (χ1n) is 9.96. The van der Waals surface area contributed by atoms with Crippen LogP contribution in [0.15, 0.2) is 57.7 Å². The maximum Gasteiger partial charge on any atom is 0.336 e. The first-order valence-corrected chi connectivity index (χ1v) is 9.96. The Morgan fingerprint density at radius 2 is 1.93 bits per heavy atom. The fraction of sp³-hybridized carbons (Fsp3) is 0.348. The summed E-state index contributed by atoms with van der Waals surface area (Å²) >= 11 is 0. The fourth-order valence-electron chi connectivity index (χ4n) is 4.39. The predicted octanol–water partition coefficient (Wildman–Crippen LogP) is 2.49. The fourth-order valence-corrected chi connectivity index (χ4v) is 4.39. The van der Waals surface area contributed by atoms with Crippen molar-refractivity contribution in [2.75, 3.05) is 13.2 Å². The van der Waals surface area contributed by atoms with Gasteiger partial charge in [0.1, 0.15) is 17.9 Å². The molecule has 5 nitrogen and oxygen atoms in total. The molecular weight excluding hydrogens is 354 g/mol. The Hall–Kier alpha value is -2.63. The molecule has 4 rings (SSSR count). The molecule has 28 heavy (non-hydrogen) atoms. The zero-order valence-electron chi connectivity index (χ0n) is 15.9. The number of nitrogens with one attached hydrogen (secondary N) is 1. The van der Waals surface area contributed by atoms with Crippen LogP contribution in [-0.4, -0.2) is 29.4 Å². The standard InChI is InChI=1S/C23H25NO4/c25-11-9-18-8-4-5-10-24(18)15-17-12-23(27)28-22-14-19(21(26)13-20(17)22)16-6-2-1-3-7-16/h1-3,6-7,12-14,18,25-26H,4-5,8-11,15H2/p+1/t18-/m1/s1.